The minimum Gasteiger partial charge on any atom is -1.00 e. The van der Waals surface area contributed by atoms with Gasteiger partial charge in [0.15, 0.2) is 0 Å². The molecule has 0 unspecified atom stereocenters. The second-order valence-corrected chi connectivity index (χ2v) is 0. The summed E-state index contributed by atoms with van der Waals surface area (Å²) >= 11 is 0. The van der Waals surface area contributed by atoms with Crippen LogP contribution < -0.4 is 29.6 Å². The van der Waals surface area contributed by atoms with Gasteiger partial charge in [0.1, 0.15) is 0 Å². The molecule has 0 heterocycles. The molecule has 0 rings (SSSR count). The molecule has 18 valence electrons. The Hall–Kier alpha value is 2.18. The summed E-state index contributed by atoms with van der Waals surface area (Å²) in [6, 6.07) is 0. The van der Waals surface area contributed by atoms with Crippen LogP contribution in [-0.2, 0) is 0 Å². The van der Waals surface area contributed by atoms with Crippen LogP contribution in [0.25, 0.3) is 0 Å². The fourth-order valence-corrected chi connectivity index (χ4v) is 0. The van der Waals surface area contributed by atoms with Crippen LogP contribution in [0.4, 0.5) is 0 Å². The molecule has 0 amide bonds. The molecular weight excluding hydrogens is 95.1 g/mol. The molecule has 0 aliphatic heterocycles. The van der Waals surface area contributed by atoms with E-state index in [1.165, 1.54) is 0 Å². The fraction of sp³-hybridized carbons (Fsp3) is 0. The molecule has 0 radical (unpaired) electrons. The second kappa shape index (κ2) is 19.0. The Morgan fingerprint density at radius 2 is 1.00 bits per heavy atom. The fourth-order valence-electron chi connectivity index (χ4n) is 0. The first-order chi connectivity index (χ1) is 0. The predicted octanol–water partition coefficient (Wildman–Crippen LogP) is -3.62. The van der Waals surface area contributed by atoms with Gasteiger partial charge in [-0.25, -0.2) is 0 Å². The van der Waals surface area contributed by atoms with Crippen LogP contribution in [0.5, 0.6) is 0 Å². The molecular formula is H3CaNaO2. The zero-order chi connectivity index (χ0) is 0. The van der Waals surface area contributed by atoms with Gasteiger partial charge in [-0.3, -0.25) is 0 Å². The monoisotopic (exact) mass is 98.0 g/mol. The summed E-state index contributed by atoms with van der Waals surface area (Å²) in [4.78, 5) is 0. The minimum absolute atomic E-state index is 0. The van der Waals surface area contributed by atoms with Gasteiger partial charge in [-0.05, 0) is 0 Å². The van der Waals surface area contributed by atoms with Gasteiger partial charge in [0.2, 0.25) is 0 Å². The zero-order valence-corrected chi connectivity index (χ0v) is 6.81. The van der Waals surface area contributed by atoms with Gasteiger partial charge in [0, 0.05) is 0 Å². The van der Waals surface area contributed by atoms with E-state index in [1.807, 2.05) is 0 Å². The summed E-state index contributed by atoms with van der Waals surface area (Å²) in [6.45, 7) is 0. The van der Waals surface area contributed by atoms with E-state index in [0.717, 1.165) is 0 Å². The summed E-state index contributed by atoms with van der Waals surface area (Å²) < 4.78 is 0. The number of hydrogen-bond acceptors (Lipinski definition) is 2. The third-order valence-electron chi connectivity index (χ3n) is 0. The van der Waals surface area contributed by atoms with E-state index in [9.17, 15) is 0 Å². The molecule has 0 fully saturated rings. The Bertz CT molecular complexity index is 9.61. The van der Waals surface area contributed by atoms with E-state index in [4.69, 9.17) is 0 Å². The van der Waals surface area contributed by atoms with Crippen molar-refractivity contribution in [2.45, 2.75) is 0 Å². The largest absolute Gasteiger partial charge is 2.00 e. The molecule has 4 heavy (non-hydrogen) atoms. The van der Waals surface area contributed by atoms with Crippen molar-refractivity contribution in [3.63, 3.8) is 0 Å². The molecule has 0 atom stereocenters. The van der Waals surface area contributed by atoms with Crippen LogP contribution in [0, 0.1) is 0 Å². The molecule has 0 aromatic carbocycles. The maximum Gasteiger partial charge on any atom is 2.00 e. The third-order valence-corrected chi connectivity index (χ3v) is 0. The minimum atomic E-state index is 0. The summed E-state index contributed by atoms with van der Waals surface area (Å²) in [5, 5.41) is 0. The molecule has 0 bridgehead atoms. The Kier molecular flexibility index (Phi) is 166. The first-order valence-electron chi connectivity index (χ1n) is 0. The molecule has 0 saturated carbocycles. The van der Waals surface area contributed by atoms with Crippen molar-refractivity contribution in [2.75, 3.05) is 0 Å². The van der Waals surface area contributed by atoms with E-state index in [1.54, 1.807) is 0 Å². The average Bonchev–Trinajstić information content (AvgIpc) is 0. The van der Waals surface area contributed by atoms with Crippen molar-refractivity contribution >= 4 is 37.7 Å². The van der Waals surface area contributed by atoms with Crippen molar-refractivity contribution in [3.05, 3.63) is 0 Å². The zero-order valence-electron chi connectivity index (χ0n) is 3.60. The molecule has 0 aromatic heterocycles. The van der Waals surface area contributed by atoms with Gasteiger partial charge < -0.3 is 12.4 Å². The Morgan fingerprint density at radius 3 is 1.00 bits per heavy atom. The van der Waals surface area contributed by atoms with Crippen molar-refractivity contribution in [1.82, 2.24) is 0 Å². The summed E-state index contributed by atoms with van der Waals surface area (Å²) in [5.74, 6) is 0. The van der Waals surface area contributed by atoms with Crippen LogP contribution in [-0.4, -0.2) is 48.7 Å². The van der Waals surface area contributed by atoms with Gasteiger partial charge in [-0.15, -0.1) is 0 Å². The second-order valence-electron chi connectivity index (χ2n) is 0. The van der Waals surface area contributed by atoms with Crippen molar-refractivity contribution in [1.29, 1.82) is 0 Å². The Morgan fingerprint density at radius 1 is 1.00 bits per heavy atom. The van der Waals surface area contributed by atoms with Gasteiger partial charge in [-0.2, -0.15) is 0 Å². The van der Waals surface area contributed by atoms with Crippen LogP contribution >= 0.6 is 0 Å². The molecule has 0 aromatic rings. The standard InChI is InChI=1S/Ca.Na.2H2O.H/h;;2*1H2;/q+2;+1;;;-1/p-2. The summed E-state index contributed by atoms with van der Waals surface area (Å²) in [5.41, 5.74) is 0. The van der Waals surface area contributed by atoms with E-state index >= 15 is 0 Å². The molecule has 2 N–H and O–H groups in total. The number of hydrogen-bond donors (Lipinski definition) is 0. The first-order valence-corrected chi connectivity index (χ1v) is 0. The molecule has 0 aliphatic rings. The first kappa shape index (κ1) is 34.9. The van der Waals surface area contributed by atoms with E-state index in [0.29, 0.717) is 0 Å². The van der Waals surface area contributed by atoms with Crippen LogP contribution in [0.15, 0.2) is 0 Å². The van der Waals surface area contributed by atoms with Crippen LogP contribution in [0.1, 0.15) is 1.43 Å². The smallest absolute Gasteiger partial charge is 1.00 e. The third kappa shape index (κ3) is 8.89. The van der Waals surface area contributed by atoms with Crippen LogP contribution in [0.3, 0.4) is 0 Å². The van der Waals surface area contributed by atoms with Crippen LogP contribution in [0.2, 0.25) is 0 Å². The van der Waals surface area contributed by atoms with Gasteiger partial charge in [-0.1, -0.05) is 0 Å². The molecule has 4 heteroatoms. The molecule has 0 spiro atoms. The SMILES string of the molecule is [Ca+2].[H-].[Na+].[OH-].[OH-]. The maximum atomic E-state index is 0. The summed E-state index contributed by atoms with van der Waals surface area (Å²) in [6.07, 6.45) is 0. The molecule has 0 saturated heterocycles. The van der Waals surface area contributed by atoms with Gasteiger partial charge >= 0.3 is 67.3 Å². The maximum absolute atomic E-state index is 0. The Labute approximate surface area is 78.3 Å². The van der Waals surface area contributed by atoms with E-state index in [2.05, 4.69) is 0 Å². The molecule has 0 aliphatic carbocycles. The quantitative estimate of drug-likeness (QED) is 0.294. The predicted molar refractivity (Wildman–Crippen MR) is 10.7 cm³/mol. The van der Waals surface area contributed by atoms with E-state index < -0.39 is 0 Å². The van der Waals surface area contributed by atoms with Crippen molar-refractivity contribution in [2.24, 2.45) is 0 Å². The van der Waals surface area contributed by atoms with Crippen molar-refractivity contribution in [3.8, 4) is 0 Å². The molecule has 2 nitrogen and oxygen atoms in total. The van der Waals surface area contributed by atoms with Gasteiger partial charge in [0.25, 0.3) is 0 Å². The Balaban J connectivity index is 0. The average molecular weight is 98.1 g/mol. The number of rotatable bonds is 0. The topological polar surface area (TPSA) is 60.0 Å². The van der Waals surface area contributed by atoms with E-state index in [-0.39, 0.29) is 79.7 Å². The summed E-state index contributed by atoms with van der Waals surface area (Å²) in [7, 11) is 0. The van der Waals surface area contributed by atoms with Crippen molar-refractivity contribution < 1.29 is 41.9 Å². The van der Waals surface area contributed by atoms with Gasteiger partial charge in [0.05, 0.1) is 0 Å². The normalized spacial score (nSPS) is 0.